The van der Waals surface area contributed by atoms with E-state index >= 15 is 0 Å². The first-order valence-corrected chi connectivity index (χ1v) is 12.8. The summed E-state index contributed by atoms with van der Waals surface area (Å²) in [6.07, 6.45) is 0. The van der Waals surface area contributed by atoms with Crippen LogP contribution in [0.15, 0.2) is 47.8 Å². The molecule has 0 spiro atoms. The van der Waals surface area contributed by atoms with Crippen molar-refractivity contribution in [2.24, 2.45) is 0 Å². The molecule has 6 heteroatoms. The van der Waals surface area contributed by atoms with E-state index in [1.807, 2.05) is 6.92 Å². The Balaban J connectivity index is 2.42. The normalized spacial score (nSPS) is 11.2. The summed E-state index contributed by atoms with van der Waals surface area (Å²) >= 11 is 6.00. The van der Waals surface area contributed by atoms with E-state index in [1.165, 1.54) is 0 Å². The molecule has 1 aromatic heterocycles. The number of nitrogens with zero attached hydrogens (tertiary/aromatic N) is 2. The fraction of sp³-hybridized carbons (Fsp3) is 0.182. The largest absolute Gasteiger partial charge is 0.398 e. The van der Waals surface area contributed by atoms with Gasteiger partial charge in [-0.25, -0.2) is 4.98 Å². The summed E-state index contributed by atoms with van der Waals surface area (Å²) < 4.78 is 1.55. The molecule has 2 aromatic carbocycles. The minimum Gasteiger partial charge on any atom is -0.398 e. The van der Waals surface area contributed by atoms with Gasteiger partial charge in [-0.2, -0.15) is 0 Å². The molecule has 2 N–H and O–H groups in total. The number of benzene rings is 2. The highest BCUT2D eigenvalue weighted by Crippen LogP contribution is 2.24. The minimum absolute atomic E-state index is 0.193. The van der Waals surface area contributed by atoms with Crippen LogP contribution in [-0.2, 0) is 0 Å². The Morgan fingerprint density at radius 2 is 1.82 bits per heavy atom. The highest BCUT2D eigenvalue weighted by Gasteiger charge is 2.17. The van der Waals surface area contributed by atoms with Crippen molar-refractivity contribution in [1.82, 2.24) is 9.55 Å². The number of aromatic nitrogens is 2. The number of hydrogen-bond acceptors (Lipinski definition) is 3. The van der Waals surface area contributed by atoms with Crippen molar-refractivity contribution in [3.8, 4) is 17.2 Å². The van der Waals surface area contributed by atoms with E-state index in [2.05, 4.69) is 37.7 Å². The lowest BCUT2D eigenvalue weighted by Crippen LogP contribution is -2.24. The molecule has 0 aliphatic heterocycles. The molecule has 1 heterocycles. The average molecular weight is 408 g/mol. The maximum Gasteiger partial charge on any atom is 0.266 e. The number of hydrogen-bond donors (Lipinski definition) is 1. The summed E-state index contributed by atoms with van der Waals surface area (Å²) in [4.78, 5) is 18.1. The lowest BCUT2D eigenvalue weighted by atomic mass is 10.1. The van der Waals surface area contributed by atoms with Crippen LogP contribution in [-0.4, -0.2) is 17.6 Å². The average Bonchev–Trinajstić information content (AvgIpc) is 2.60. The Bertz CT molecular complexity index is 1210. The predicted octanol–water partition coefficient (Wildman–Crippen LogP) is 4.88. The third-order valence-corrected chi connectivity index (χ3v) is 5.23. The standard InChI is InChI=1S/C22H22ClN3OSi/c1-14(2)21-25-20-17(12-13-28(3,4)5)19(24)11-10-18(20)22(27)26(21)16-8-6-15(23)7-9-16/h6-11H,1,24H2,2-5H3. The first kappa shape index (κ1) is 19.9. The Morgan fingerprint density at radius 1 is 1.18 bits per heavy atom. The third kappa shape index (κ3) is 3.89. The lowest BCUT2D eigenvalue weighted by Gasteiger charge is -2.15. The number of fused-ring (bicyclic) bond motifs is 1. The monoisotopic (exact) mass is 407 g/mol. The SMILES string of the molecule is C=C(C)c1nc2c(C#C[Si](C)(C)C)c(N)ccc2c(=O)n1-c1ccc(Cl)cc1. The predicted molar refractivity (Wildman–Crippen MR) is 122 cm³/mol. The van der Waals surface area contributed by atoms with Gasteiger partial charge in [0.15, 0.2) is 0 Å². The molecule has 0 bridgehead atoms. The van der Waals surface area contributed by atoms with Gasteiger partial charge in [0.25, 0.3) is 5.56 Å². The van der Waals surface area contributed by atoms with Crippen molar-refractivity contribution in [3.63, 3.8) is 0 Å². The van der Waals surface area contributed by atoms with Crippen LogP contribution in [0, 0.1) is 11.5 Å². The molecule has 0 unspecified atom stereocenters. The van der Waals surface area contributed by atoms with E-state index in [-0.39, 0.29) is 5.56 Å². The zero-order chi connectivity index (χ0) is 20.6. The quantitative estimate of drug-likeness (QED) is 0.374. The number of halogens is 1. The third-order valence-electron chi connectivity index (χ3n) is 4.10. The van der Waals surface area contributed by atoms with Crippen LogP contribution in [0.4, 0.5) is 5.69 Å². The van der Waals surface area contributed by atoms with Gasteiger partial charge in [-0.15, -0.1) is 5.54 Å². The van der Waals surface area contributed by atoms with Gasteiger partial charge in [0, 0.05) is 10.7 Å². The Kier molecular flexibility index (Phi) is 5.20. The Morgan fingerprint density at radius 3 is 2.39 bits per heavy atom. The van der Waals surface area contributed by atoms with E-state index in [1.54, 1.807) is 41.0 Å². The van der Waals surface area contributed by atoms with E-state index in [0.29, 0.717) is 44.3 Å². The van der Waals surface area contributed by atoms with Gasteiger partial charge in [-0.3, -0.25) is 9.36 Å². The number of anilines is 1. The molecule has 3 aromatic rings. The summed E-state index contributed by atoms with van der Waals surface area (Å²) in [5.74, 6) is 3.66. The van der Waals surface area contributed by atoms with Crippen molar-refractivity contribution in [3.05, 3.63) is 69.7 Å². The molecule has 3 rings (SSSR count). The molecule has 0 saturated heterocycles. The van der Waals surface area contributed by atoms with Gasteiger partial charge < -0.3 is 5.73 Å². The molecule has 0 saturated carbocycles. The van der Waals surface area contributed by atoms with Crippen molar-refractivity contribution in [2.75, 3.05) is 5.73 Å². The topological polar surface area (TPSA) is 60.9 Å². The zero-order valence-corrected chi connectivity index (χ0v) is 18.2. The highest BCUT2D eigenvalue weighted by atomic mass is 35.5. The molecule has 0 atom stereocenters. The van der Waals surface area contributed by atoms with Crippen LogP contribution >= 0.6 is 11.6 Å². The fourth-order valence-electron chi connectivity index (χ4n) is 2.77. The molecular weight excluding hydrogens is 386 g/mol. The second-order valence-electron chi connectivity index (χ2n) is 7.76. The van der Waals surface area contributed by atoms with Crippen LogP contribution < -0.4 is 11.3 Å². The highest BCUT2D eigenvalue weighted by molar-refractivity contribution is 6.83. The van der Waals surface area contributed by atoms with E-state index < -0.39 is 8.07 Å². The van der Waals surface area contributed by atoms with E-state index in [0.717, 1.165) is 0 Å². The lowest BCUT2D eigenvalue weighted by molar-refractivity contribution is 0.933. The summed E-state index contributed by atoms with van der Waals surface area (Å²) in [7, 11) is -1.63. The maximum absolute atomic E-state index is 13.4. The van der Waals surface area contributed by atoms with E-state index in [4.69, 9.17) is 22.3 Å². The van der Waals surface area contributed by atoms with Crippen LogP contribution in [0.3, 0.4) is 0 Å². The molecule has 142 valence electrons. The van der Waals surface area contributed by atoms with Crippen LogP contribution in [0.25, 0.3) is 22.2 Å². The van der Waals surface area contributed by atoms with Gasteiger partial charge in [0.1, 0.15) is 13.9 Å². The number of nitrogens with two attached hydrogens (primary N) is 1. The molecular formula is C22H22ClN3OSi. The molecule has 0 fully saturated rings. The Hall–Kier alpha value is -2.81. The summed E-state index contributed by atoms with van der Waals surface area (Å²) in [6.45, 7) is 12.3. The van der Waals surface area contributed by atoms with Crippen molar-refractivity contribution < 1.29 is 0 Å². The summed E-state index contributed by atoms with van der Waals surface area (Å²) in [6, 6.07) is 10.5. The van der Waals surface area contributed by atoms with Gasteiger partial charge >= 0.3 is 0 Å². The first-order chi connectivity index (χ1) is 13.1. The molecule has 0 radical (unpaired) electrons. The van der Waals surface area contributed by atoms with Crippen molar-refractivity contribution in [1.29, 1.82) is 0 Å². The second-order valence-corrected chi connectivity index (χ2v) is 12.9. The molecule has 0 aliphatic carbocycles. The summed E-state index contributed by atoms with van der Waals surface area (Å²) in [5, 5.41) is 1.06. The van der Waals surface area contributed by atoms with Gasteiger partial charge in [0.2, 0.25) is 0 Å². The molecule has 28 heavy (non-hydrogen) atoms. The number of rotatable bonds is 2. The van der Waals surface area contributed by atoms with Gasteiger partial charge in [-0.1, -0.05) is 43.7 Å². The maximum atomic E-state index is 13.4. The smallest absolute Gasteiger partial charge is 0.266 e. The molecule has 4 nitrogen and oxygen atoms in total. The fourth-order valence-corrected chi connectivity index (χ4v) is 3.39. The second kappa shape index (κ2) is 7.31. The molecule has 0 amide bonds. The number of nitrogen functional groups attached to an aromatic ring is 1. The van der Waals surface area contributed by atoms with Crippen molar-refractivity contribution in [2.45, 2.75) is 26.6 Å². The molecule has 0 aliphatic rings. The van der Waals surface area contributed by atoms with Gasteiger partial charge in [0.05, 0.1) is 22.2 Å². The van der Waals surface area contributed by atoms with Crippen molar-refractivity contribution >= 4 is 41.8 Å². The Labute approximate surface area is 170 Å². The van der Waals surface area contributed by atoms with Crippen LogP contribution in [0.5, 0.6) is 0 Å². The minimum atomic E-state index is -1.63. The summed E-state index contributed by atoms with van der Waals surface area (Å²) in [5.41, 5.74) is 12.3. The van der Waals surface area contributed by atoms with Gasteiger partial charge in [-0.05, 0) is 48.9 Å². The van der Waals surface area contributed by atoms with Crippen LogP contribution in [0.2, 0.25) is 24.7 Å². The zero-order valence-electron chi connectivity index (χ0n) is 16.4. The first-order valence-electron chi connectivity index (χ1n) is 8.89. The van der Waals surface area contributed by atoms with Crippen LogP contribution in [0.1, 0.15) is 18.3 Å². The van der Waals surface area contributed by atoms with E-state index in [9.17, 15) is 4.79 Å². The number of allylic oxidation sites excluding steroid dienone is 1.